The van der Waals surface area contributed by atoms with E-state index < -0.39 is 0 Å². The van der Waals surface area contributed by atoms with Crippen molar-refractivity contribution in [2.24, 2.45) is 11.1 Å². The van der Waals surface area contributed by atoms with Crippen LogP contribution in [-0.4, -0.2) is 18.1 Å². The summed E-state index contributed by atoms with van der Waals surface area (Å²) in [4.78, 5) is 15.4. The summed E-state index contributed by atoms with van der Waals surface area (Å²) in [5.41, 5.74) is 0.537. The molecule has 0 saturated carbocycles. The van der Waals surface area contributed by atoms with Crippen molar-refractivity contribution < 1.29 is 9.63 Å². The number of carbonyl (C=O) groups is 1. The lowest BCUT2D eigenvalue weighted by atomic mass is 9.97. The minimum absolute atomic E-state index is 0.124. The van der Waals surface area contributed by atoms with Crippen LogP contribution in [0.25, 0.3) is 0 Å². The van der Waals surface area contributed by atoms with Crippen molar-refractivity contribution in [2.75, 3.05) is 0 Å². The van der Waals surface area contributed by atoms with E-state index in [4.69, 9.17) is 4.84 Å². The molecule has 0 aromatic rings. The van der Waals surface area contributed by atoms with Crippen LogP contribution in [0.4, 0.5) is 0 Å². The summed E-state index contributed by atoms with van der Waals surface area (Å²) < 4.78 is 0. The Morgan fingerprint density at radius 2 is 2.64 bits per heavy atom. The van der Waals surface area contributed by atoms with Crippen molar-refractivity contribution in [3.8, 4) is 0 Å². The van der Waals surface area contributed by atoms with Gasteiger partial charge in [0.05, 0.1) is 0 Å². The van der Waals surface area contributed by atoms with Gasteiger partial charge in [-0.05, 0) is 12.5 Å². The van der Waals surface area contributed by atoms with Crippen LogP contribution < -0.4 is 0 Å². The van der Waals surface area contributed by atoms with Crippen LogP contribution in [0.5, 0.6) is 0 Å². The lowest BCUT2D eigenvalue weighted by Gasteiger charge is -2.21. The Morgan fingerprint density at radius 1 is 1.73 bits per heavy atom. The van der Waals surface area contributed by atoms with Gasteiger partial charge < -0.3 is 4.84 Å². The van der Waals surface area contributed by atoms with Crippen molar-refractivity contribution >= 4 is 12.0 Å². The fourth-order valence-corrected chi connectivity index (χ4v) is 1.50. The maximum absolute atomic E-state index is 10.3. The van der Waals surface area contributed by atoms with E-state index in [0.717, 1.165) is 19.1 Å². The number of hydrogen-bond donors (Lipinski definition) is 0. The van der Waals surface area contributed by atoms with Crippen LogP contribution in [0, 0.1) is 5.92 Å². The zero-order valence-electron chi connectivity index (χ0n) is 6.06. The highest BCUT2D eigenvalue weighted by molar-refractivity contribution is 6.28. The second kappa shape index (κ2) is 2.49. The van der Waals surface area contributed by atoms with Crippen molar-refractivity contribution in [2.45, 2.75) is 18.9 Å². The van der Waals surface area contributed by atoms with Gasteiger partial charge in [-0.1, -0.05) is 11.2 Å². The molecule has 2 atom stereocenters. The van der Waals surface area contributed by atoms with Crippen LogP contribution in [0.15, 0.2) is 17.3 Å². The van der Waals surface area contributed by atoms with Gasteiger partial charge in [-0.15, -0.1) is 0 Å². The van der Waals surface area contributed by atoms with Crippen LogP contribution in [0.3, 0.4) is 0 Å². The Labute approximate surface area is 64.7 Å². The molecule has 2 rings (SSSR count). The quantitative estimate of drug-likeness (QED) is 0.412. The van der Waals surface area contributed by atoms with E-state index in [1.54, 1.807) is 0 Å². The zero-order chi connectivity index (χ0) is 7.68. The van der Waals surface area contributed by atoms with Crippen LogP contribution >= 0.6 is 0 Å². The number of carbonyl (C=O) groups excluding carboxylic acids is 1. The molecule has 0 unspecified atom stereocenters. The van der Waals surface area contributed by atoms with E-state index in [0.29, 0.717) is 11.6 Å². The standard InChI is InChI=1S/C8H9NO2/c10-5-7-4-6-2-1-3-8(6)11-9-7/h1,3,5-6,8H,2,4H2/t6-,8-/m1/s1. The molecule has 58 valence electrons. The Morgan fingerprint density at radius 3 is 3.45 bits per heavy atom. The summed E-state index contributed by atoms with van der Waals surface area (Å²) in [5, 5.41) is 3.69. The first-order valence-corrected chi connectivity index (χ1v) is 3.74. The predicted molar refractivity (Wildman–Crippen MR) is 40.2 cm³/mol. The minimum atomic E-state index is 0.124. The second-order valence-electron chi connectivity index (χ2n) is 2.90. The van der Waals surface area contributed by atoms with Gasteiger partial charge in [0.2, 0.25) is 0 Å². The average molecular weight is 151 g/mol. The molecule has 1 aliphatic heterocycles. The maximum atomic E-state index is 10.3. The van der Waals surface area contributed by atoms with Gasteiger partial charge in [0, 0.05) is 12.3 Å². The molecular formula is C8H9NO2. The normalized spacial score (nSPS) is 34.0. The molecule has 11 heavy (non-hydrogen) atoms. The third-order valence-electron chi connectivity index (χ3n) is 2.13. The molecule has 1 heterocycles. The average Bonchev–Trinajstić information content (AvgIpc) is 2.50. The molecule has 3 heteroatoms. The molecule has 2 aliphatic rings. The number of oxime groups is 1. The summed E-state index contributed by atoms with van der Waals surface area (Å²) in [6.45, 7) is 0. The Balaban J connectivity index is 2.12. The van der Waals surface area contributed by atoms with Gasteiger partial charge >= 0.3 is 0 Å². The van der Waals surface area contributed by atoms with Crippen molar-refractivity contribution in [3.05, 3.63) is 12.2 Å². The summed E-state index contributed by atoms with van der Waals surface area (Å²) in [6.07, 6.45) is 6.76. The van der Waals surface area contributed by atoms with Crippen molar-refractivity contribution in [1.82, 2.24) is 0 Å². The van der Waals surface area contributed by atoms with E-state index in [2.05, 4.69) is 11.2 Å². The molecule has 0 fully saturated rings. The third-order valence-corrected chi connectivity index (χ3v) is 2.13. The molecule has 0 N–H and O–H groups in total. The van der Waals surface area contributed by atoms with Gasteiger partial charge in [0.15, 0.2) is 6.29 Å². The minimum Gasteiger partial charge on any atom is -0.388 e. The summed E-state index contributed by atoms with van der Waals surface area (Å²) in [7, 11) is 0. The Hall–Kier alpha value is -1.12. The van der Waals surface area contributed by atoms with E-state index in [1.807, 2.05) is 6.08 Å². The molecule has 0 aromatic heterocycles. The molecule has 0 aromatic carbocycles. The van der Waals surface area contributed by atoms with Gasteiger partial charge in [-0.25, -0.2) is 0 Å². The summed E-state index contributed by atoms with van der Waals surface area (Å²) >= 11 is 0. The lowest BCUT2D eigenvalue weighted by molar-refractivity contribution is -0.103. The van der Waals surface area contributed by atoms with Gasteiger partial charge in [-0.2, -0.15) is 0 Å². The molecule has 0 amide bonds. The largest absolute Gasteiger partial charge is 0.388 e. The van der Waals surface area contributed by atoms with Crippen molar-refractivity contribution in [3.63, 3.8) is 0 Å². The van der Waals surface area contributed by atoms with Gasteiger partial charge in [0.1, 0.15) is 11.8 Å². The van der Waals surface area contributed by atoms with Gasteiger partial charge in [0.25, 0.3) is 0 Å². The number of rotatable bonds is 1. The fraction of sp³-hybridized carbons (Fsp3) is 0.500. The summed E-state index contributed by atoms with van der Waals surface area (Å²) in [6, 6.07) is 0. The maximum Gasteiger partial charge on any atom is 0.167 e. The highest BCUT2D eigenvalue weighted by Crippen LogP contribution is 2.28. The van der Waals surface area contributed by atoms with E-state index >= 15 is 0 Å². The van der Waals surface area contributed by atoms with Crippen LogP contribution in [0.2, 0.25) is 0 Å². The lowest BCUT2D eigenvalue weighted by Crippen LogP contribution is -2.25. The molecular weight excluding hydrogens is 142 g/mol. The number of hydrogen-bond acceptors (Lipinski definition) is 3. The zero-order valence-corrected chi connectivity index (χ0v) is 6.06. The monoisotopic (exact) mass is 151 g/mol. The Kier molecular flexibility index (Phi) is 1.49. The fourth-order valence-electron chi connectivity index (χ4n) is 1.50. The topological polar surface area (TPSA) is 38.7 Å². The van der Waals surface area contributed by atoms with E-state index in [-0.39, 0.29) is 6.10 Å². The molecule has 0 bridgehead atoms. The van der Waals surface area contributed by atoms with Crippen molar-refractivity contribution in [1.29, 1.82) is 0 Å². The highest BCUT2D eigenvalue weighted by atomic mass is 16.6. The first-order chi connectivity index (χ1) is 5.40. The highest BCUT2D eigenvalue weighted by Gasteiger charge is 2.29. The number of fused-ring (bicyclic) bond motifs is 1. The number of nitrogens with zero attached hydrogens (tertiary/aromatic N) is 1. The van der Waals surface area contributed by atoms with Crippen LogP contribution in [0.1, 0.15) is 12.8 Å². The first-order valence-electron chi connectivity index (χ1n) is 3.74. The van der Waals surface area contributed by atoms with E-state index in [9.17, 15) is 4.79 Å². The molecule has 1 aliphatic carbocycles. The third kappa shape index (κ3) is 1.06. The Bertz CT molecular complexity index is 232. The molecule has 0 spiro atoms. The van der Waals surface area contributed by atoms with Crippen LogP contribution in [-0.2, 0) is 9.63 Å². The second-order valence-corrected chi connectivity index (χ2v) is 2.90. The first kappa shape index (κ1) is 6.58. The smallest absolute Gasteiger partial charge is 0.167 e. The SMILES string of the molecule is O=CC1=NO[C@@H]2C=CC[C@@H]2C1. The predicted octanol–water partition coefficient (Wildman–Crippen LogP) is 0.906. The number of aldehydes is 1. The number of allylic oxidation sites excluding steroid dienone is 1. The summed E-state index contributed by atoms with van der Waals surface area (Å²) in [5.74, 6) is 0.452. The molecule has 0 radical (unpaired) electrons. The van der Waals surface area contributed by atoms with Gasteiger partial charge in [-0.3, -0.25) is 4.79 Å². The molecule has 0 saturated heterocycles. The van der Waals surface area contributed by atoms with E-state index in [1.165, 1.54) is 0 Å². The molecule has 3 nitrogen and oxygen atoms in total.